The molecule has 0 radical (unpaired) electrons. The molecule has 0 spiro atoms. The van der Waals surface area contributed by atoms with Crippen molar-refractivity contribution in [3.63, 3.8) is 0 Å². The van der Waals surface area contributed by atoms with Gasteiger partial charge in [0, 0.05) is 10.1 Å². The van der Waals surface area contributed by atoms with E-state index in [-0.39, 0.29) is 5.91 Å². The summed E-state index contributed by atoms with van der Waals surface area (Å²) in [5, 5.41) is 12.5. The van der Waals surface area contributed by atoms with Crippen LogP contribution in [0, 0.1) is 6.92 Å². The van der Waals surface area contributed by atoms with E-state index >= 15 is 0 Å². The highest BCUT2D eigenvalue weighted by atomic mass is 32.2. The van der Waals surface area contributed by atoms with Crippen LogP contribution in [0.1, 0.15) is 61.4 Å². The first-order valence-corrected chi connectivity index (χ1v) is 9.20. The second-order valence-corrected chi connectivity index (χ2v) is 7.52. The number of rotatable bonds is 7. The highest BCUT2D eigenvalue weighted by Crippen LogP contribution is 2.36. The van der Waals surface area contributed by atoms with Crippen molar-refractivity contribution in [2.24, 2.45) is 0 Å². The Morgan fingerprint density at radius 2 is 2.04 bits per heavy atom. The summed E-state index contributed by atoms with van der Waals surface area (Å²) in [5.74, 6) is -1.26. The largest absolute Gasteiger partial charge is 0.480 e. The lowest BCUT2D eigenvalue weighted by Crippen LogP contribution is -2.40. The highest BCUT2D eigenvalue weighted by Gasteiger charge is 2.23. The monoisotopic (exact) mass is 335 g/mol. The van der Waals surface area contributed by atoms with E-state index in [1.807, 2.05) is 32.0 Å². The number of carboxylic acids is 1. The lowest BCUT2D eigenvalue weighted by atomic mass is 10.1. The number of carboxylic acid groups (broad SMARTS) is 1. The van der Waals surface area contributed by atoms with Crippen molar-refractivity contribution in [3.8, 4) is 0 Å². The van der Waals surface area contributed by atoms with Crippen molar-refractivity contribution < 1.29 is 14.7 Å². The van der Waals surface area contributed by atoms with Crippen molar-refractivity contribution in [3.05, 3.63) is 29.3 Å². The Bertz CT molecular complexity index is 567. The second-order valence-electron chi connectivity index (χ2n) is 6.18. The van der Waals surface area contributed by atoms with Crippen LogP contribution >= 0.6 is 11.8 Å². The Labute approximate surface area is 142 Å². The van der Waals surface area contributed by atoms with Gasteiger partial charge in [0.25, 0.3) is 5.91 Å². The van der Waals surface area contributed by atoms with E-state index in [4.69, 9.17) is 0 Å². The summed E-state index contributed by atoms with van der Waals surface area (Å²) < 4.78 is 0. The van der Waals surface area contributed by atoms with Crippen molar-refractivity contribution in [2.75, 3.05) is 0 Å². The Kier molecular flexibility index (Phi) is 6.51. The maximum Gasteiger partial charge on any atom is 0.326 e. The van der Waals surface area contributed by atoms with E-state index < -0.39 is 12.0 Å². The number of nitrogens with one attached hydrogen (secondary N) is 1. The van der Waals surface area contributed by atoms with E-state index in [9.17, 15) is 14.7 Å². The number of hydrogen-bond donors (Lipinski definition) is 2. The summed E-state index contributed by atoms with van der Waals surface area (Å²) in [7, 11) is 0. The van der Waals surface area contributed by atoms with Crippen molar-refractivity contribution >= 4 is 23.6 Å². The molecule has 0 bridgehead atoms. The Hall–Kier alpha value is -1.49. The van der Waals surface area contributed by atoms with Gasteiger partial charge in [-0.3, -0.25) is 4.79 Å². The van der Waals surface area contributed by atoms with Gasteiger partial charge in [-0.1, -0.05) is 37.8 Å². The number of carbonyl (C=O) groups is 2. The van der Waals surface area contributed by atoms with Gasteiger partial charge in [-0.25, -0.2) is 4.79 Å². The molecule has 2 rings (SSSR count). The average Bonchev–Trinajstić information content (AvgIpc) is 3.01. The maximum absolute atomic E-state index is 12.6. The van der Waals surface area contributed by atoms with Crippen LogP contribution in [0.4, 0.5) is 0 Å². The molecule has 0 heterocycles. The van der Waals surface area contributed by atoms with Crippen molar-refractivity contribution in [1.29, 1.82) is 0 Å². The molecule has 1 saturated carbocycles. The van der Waals surface area contributed by atoms with E-state index in [0.29, 0.717) is 17.2 Å². The van der Waals surface area contributed by atoms with Crippen LogP contribution < -0.4 is 5.32 Å². The van der Waals surface area contributed by atoms with E-state index in [2.05, 4.69) is 5.32 Å². The topological polar surface area (TPSA) is 66.4 Å². The lowest BCUT2D eigenvalue weighted by Gasteiger charge is -2.17. The molecular formula is C18H25NO3S. The van der Waals surface area contributed by atoms with Crippen LogP contribution in [0.15, 0.2) is 23.1 Å². The third-order valence-corrected chi connectivity index (χ3v) is 5.57. The van der Waals surface area contributed by atoms with E-state index in [0.717, 1.165) is 16.9 Å². The van der Waals surface area contributed by atoms with Gasteiger partial charge in [0.1, 0.15) is 6.04 Å². The number of amides is 1. The fraction of sp³-hybridized carbons (Fsp3) is 0.556. The quantitative estimate of drug-likeness (QED) is 0.790. The molecule has 1 unspecified atom stereocenters. The maximum atomic E-state index is 12.6. The molecule has 1 amide bonds. The van der Waals surface area contributed by atoms with Crippen LogP contribution in [-0.4, -0.2) is 28.3 Å². The smallest absolute Gasteiger partial charge is 0.326 e. The molecule has 1 aromatic carbocycles. The summed E-state index contributed by atoms with van der Waals surface area (Å²) in [4.78, 5) is 24.8. The van der Waals surface area contributed by atoms with Gasteiger partial charge in [-0.05, 0) is 38.3 Å². The molecule has 1 fully saturated rings. The SMILES string of the molecule is CCCC(NC(=O)c1cc(C)ccc1SC1CCCC1)C(=O)O. The molecule has 1 atom stereocenters. The minimum atomic E-state index is -0.974. The minimum Gasteiger partial charge on any atom is -0.480 e. The van der Waals surface area contributed by atoms with Crippen molar-refractivity contribution in [2.45, 2.75) is 68.6 Å². The van der Waals surface area contributed by atoms with Crippen molar-refractivity contribution in [1.82, 2.24) is 5.32 Å². The van der Waals surface area contributed by atoms with Crippen LogP contribution in [0.3, 0.4) is 0 Å². The molecule has 0 aromatic heterocycles. The summed E-state index contributed by atoms with van der Waals surface area (Å²) in [5.41, 5.74) is 1.61. The fourth-order valence-electron chi connectivity index (χ4n) is 2.89. The number of aryl methyl sites for hydroxylation is 1. The third-order valence-electron chi connectivity index (χ3n) is 4.16. The summed E-state index contributed by atoms with van der Waals surface area (Å²) in [6, 6.07) is 5.03. The van der Waals surface area contributed by atoms with Gasteiger partial charge in [0.2, 0.25) is 0 Å². The van der Waals surface area contributed by atoms with Gasteiger partial charge in [0.05, 0.1) is 5.56 Å². The molecule has 1 aliphatic rings. The normalized spacial score (nSPS) is 16.3. The zero-order valence-corrected chi connectivity index (χ0v) is 14.6. The van der Waals surface area contributed by atoms with Gasteiger partial charge in [0.15, 0.2) is 0 Å². The summed E-state index contributed by atoms with van der Waals surface area (Å²) >= 11 is 1.76. The highest BCUT2D eigenvalue weighted by molar-refractivity contribution is 8.00. The average molecular weight is 335 g/mol. The Morgan fingerprint density at radius 1 is 1.35 bits per heavy atom. The van der Waals surface area contributed by atoms with Crippen LogP contribution in [0.5, 0.6) is 0 Å². The van der Waals surface area contributed by atoms with Gasteiger partial charge in [-0.15, -0.1) is 11.8 Å². The molecule has 0 saturated heterocycles. The summed E-state index contributed by atoms with van der Waals surface area (Å²) in [6.45, 7) is 3.86. The molecule has 5 heteroatoms. The number of hydrogen-bond acceptors (Lipinski definition) is 3. The number of benzene rings is 1. The standard InChI is InChI=1S/C18H25NO3S/c1-3-6-15(18(21)22)19-17(20)14-11-12(2)9-10-16(14)23-13-7-4-5-8-13/h9-11,13,15H,3-8H2,1-2H3,(H,19,20)(H,21,22). The molecule has 1 aromatic rings. The molecule has 2 N–H and O–H groups in total. The summed E-state index contributed by atoms with van der Waals surface area (Å²) in [6.07, 6.45) is 6.04. The van der Waals surface area contributed by atoms with E-state index in [1.165, 1.54) is 25.7 Å². The molecule has 126 valence electrons. The van der Waals surface area contributed by atoms with Crippen LogP contribution in [-0.2, 0) is 4.79 Å². The molecular weight excluding hydrogens is 310 g/mol. The zero-order chi connectivity index (χ0) is 16.8. The number of carbonyl (C=O) groups excluding carboxylic acids is 1. The first-order valence-electron chi connectivity index (χ1n) is 8.32. The lowest BCUT2D eigenvalue weighted by molar-refractivity contribution is -0.139. The molecule has 4 nitrogen and oxygen atoms in total. The first kappa shape index (κ1) is 17.9. The third kappa shape index (κ3) is 4.99. The fourth-order valence-corrected chi connectivity index (χ4v) is 4.25. The first-order chi connectivity index (χ1) is 11.0. The van der Waals surface area contributed by atoms with Gasteiger partial charge >= 0.3 is 5.97 Å². The Balaban J connectivity index is 2.16. The van der Waals surface area contributed by atoms with Crippen LogP contribution in [0.25, 0.3) is 0 Å². The zero-order valence-electron chi connectivity index (χ0n) is 13.8. The predicted octanol–water partition coefficient (Wildman–Crippen LogP) is 4.01. The molecule has 0 aliphatic heterocycles. The van der Waals surface area contributed by atoms with Gasteiger partial charge < -0.3 is 10.4 Å². The van der Waals surface area contributed by atoms with Gasteiger partial charge in [-0.2, -0.15) is 0 Å². The minimum absolute atomic E-state index is 0.282. The Morgan fingerprint density at radius 3 is 2.65 bits per heavy atom. The molecule has 1 aliphatic carbocycles. The second kappa shape index (κ2) is 8.39. The number of thioether (sulfide) groups is 1. The van der Waals surface area contributed by atoms with E-state index in [1.54, 1.807) is 11.8 Å². The van der Waals surface area contributed by atoms with Crippen LogP contribution in [0.2, 0.25) is 0 Å². The predicted molar refractivity (Wildman–Crippen MR) is 93.1 cm³/mol. The molecule has 23 heavy (non-hydrogen) atoms. The number of aliphatic carboxylic acids is 1.